The highest BCUT2D eigenvalue weighted by molar-refractivity contribution is 14.0. The van der Waals surface area contributed by atoms with Gasteiger partial charge in [-0.15, -0.1) is 35.3 Å². The van der Waals surface area contributed by atoms with Gasteiger partial charge in [-0.25, -0.2) is 13.6 Å². The van der Waals surface area contributed by atoms with Crippen LogP contribution in [0.4, 0.5) is 0 Å². The Morgan fingerprint density at radius 3 is 2.55 bits per heavy atom. The second kappa shape index (κ2) is 11.2. The van der Waals surface area contributed by atoms with E-state index in [-0.39, 0.29) is 28.2 Å². The molecule has 0 amide bonds. The number of nitrogens with two attached hydrogens (primary N) is 1. The molecule has 1 aromatic heterocycles. The maximum Gasteiger partial charge on any atom is 0.247 e. The average molecular weight is 460 g/mol. The minimum atomic E-state index is -3.60. The van der Waals surface area contributed by atoms with Crippen molar-refractivity contribution in [2.45, 2.75) is 43.4 Å². The van der Waals surface area contributed by atoms with E-state index in [1.807, 2.05) is 0 Å². The van der Waals surface area contributed by atoms with Crippen LogP contribution in [0.5, 0.6) is 0 Å². The summed E-state index contributed by atoms with van der Waals surface area (Å²) in [6.45, 7) is 3.59. The summed E-state index contributed by atoms with van der Waals surface area (Å²) in [6.07, 6.45) is 4.79. The number of hydrogen-bond acceptors (Lipinski definition) is 4. The lowest BCUT2D eigenvalue weighted by Gasteiger charge is -2.10. The topological polar surface area (TPSA) is 96.6 Å². The van der Waals surface area contributed by atoms with E-state index in [9.17, 15) is 8.42 Å². The number of halogens is 1. The first-order valence-corrected chi connectivity index (χ1v) is 9.39. The lowest BCUT2D eigenvalue weighted by Crippen LogP contribution is -2.37. The second-order valence-corrected chi connectivity index (χ2v) is 7.64. The molecule has 1 aromatic rings. The lowest BCUT2D eigenvalue weighted by molar-refractivity contribution is 0.600. The van der Waals surface area contributed by atoms with Crippen LogP contribution in [-0.4, -0.2) is 28.0 Å². The molecule has 0 aliphatic heterocycles. The number of sulfonamides is 1. The molecule has 6 nitrogen and oxygen atoms in total. The van der Waals surface area contributed by atoms with Gasteiger partial charge >= 0.3 is 0 Å². The largest absolute Gasteiger partial charge is 0.356 e. The highest BCUT2D eigenvalue weighted by atomic mass is 127. The monoisotopic (exact) mass is 460 g/mol. The van der Waals surface area contributed by atoms with Gasteiger partial charge in [-0.3, -0.25) is 4.99 Å². The number of thiophene rings is 1. The van der Waals surface area contributed by atoms with E-state index in [2.05, 4.69) is 22.5 Å². The van der Waals surface area contributed by atoms with Gasteiger partial charge in [0, 0.05) is 18.5 Å². The number of nitrogens with one attached hydrogen (secondary N) is 2. The minimum absolute atomic E-state index is 0. The molecular formula is C13H25IN4O2S2. The molecule has 4 N–H and O–H groups in total. The zero-order chi connectivity index (χ0) is 15.7. The van der Waals surface area contributed by atoms with E-state index in [4.69, 9.17) is 5.14 Å². The Hall–Kier alpha value is -0.390. The van der Waals surface area contributed by atoms with Crippen LogP contribution in [0.3, 0.4) is 0 Å². The van der Waals surface area contributed by atoms with Crippen molar-refractivity contribution in [1.29, 1.82) is 0 Å². The highest BCUT2D eigenvalue weighted by Gasteiger charge is 2.11. The number of primary sulfonamides is 1. The summed E-state index contributed by atoms with van der Waals surface area (Å²) in [6, 6.07) is 3.28. The van der Waals surface area contributed by atoms with Crippen LogP contribution in [0.15, 0.2) is 21.3 Å². The molecule has 22 heavy (non-hydrogen) atoms. The van der Waals surface area contributed by atoms with E-state index in [1.54, 1.807) is 13.1 Å². The third kappa shape index (κ3) is 8.30. The highest BCUT2D eigenvalue weighted by Crippen LogP contribution is 2.19. The van der Waals surface area contributed by atoms with Crippen LogP contribution in [0.25, 0.3) is 0 Å². The zero-order valence-corrected chi connectivity index (χ0v) is 16.9. The smallest absolute Gasteiger partial charge is 0.247 e. The summed E-state index contributed by atoms with van der Waals surface area (Å²) in [5.74, 6) is 0.719. The lowest BCUT2D eigenvalue weighted by atomic mass is 10.2. The SMILES string of the molecule is CCCCCCNC(=NC)NCc1ccc(S(N)(=O)=O)s1.I. The normalized spacial score (nSPS) is 11.9. The summed E-state index contributed by atoms with van der Waals surface area (Å²) in [4.78, 5) is 5.03. The Labute approximate surface area is 154 Å². The molecule has 0 atom stereocenters. The first-order valence-electron chi connectivity index (χ1n) is 7.03. The molecule has 0 saturated carbocycles. The van der Waals surface area contributed by atoms with Crippen LogP contribution in [0.1, 0.15) is 37.5 Å². The first-order chi connectivity index (χ1) is 9.97. The number of rotatable bonds is 8. The zero-order valence-electron chi connectivity index (χ0n) is 13.0. The fourth-order valence-corrected chi connectivity index (χ4v) is 3.47. The van der Waals surface area contributed by atoms with Gasteiger partial charge in [0.1, 0.15) is 4.21 Å². The molecule has 0 aliphatic carbocycles. The quantitative estimate of drug-likeness (QED) is 0.240. The number of unbranched alkanes of at least 4 members (excludes halogenated alkanes) is 3. The van der Waals surface area contributed by atoms with Gasteiger partial charge in [0.25, 0.3) is 0 Å². The van der Waals surface area contributed by atoms with E-state index in [0.29, 0.717) is 6.54 Å². The van der Waals surface area contributed by atoms with Crippen molar-refractivity contribution < 1.29 is 8.42 Å². The van der Waals surface area contributed by atoms with Gasteiger partial charge in [0.15, 0.2) is 5.96 Å². The Balaban J connectivity index is 0.00000441. The van der Waals surface area contributed by atoms with Gasteiger partial charge in [-0.1, -0.05) is 26.2 Å². The van der Waals surface area contributed by atoms with E-state index >= 15 is 0 Å². The van der Waals surface area contributed by atoms with Crippen molar-refractivity contribution in [3.05, 3.63) is 17.0 Å². The molecule has 9 heteroatoms. The summed E-state index contributed by atoms with van der Waals surface area (Å²) in [7, 11) is -1.89. The predicted octanol–water partition coefficient (Wildman–Crippen LogP) is 2.26. The standard InChI is InChI=1S/C13H24N4O2S2.HI/c1-3-4-5-6-9-16-13(15-2)17-10-11-7-8-12(20-11)21(14,18)19;/h7-8H,3-6,9-10H2,1-2H3,(H2,14,18,19)(H2,15,16,17);1H. The average Bonchev–Trinajstić information content (AvgIpc) is 2.91. The third-order valence-corrected chi connectivity index (χ3v) is 5.42. The van der Waals surface area contributed by atoms with Crippen LogP contribution in [0.2, 0.25) is 0 Å². The van der Waals surface area contributed by atoms with Gasteiger partial charge in [0.05, 0.1) is 6.54 Å². The number of guanidine groups is 1. The van der Waals surface area contributed by atoms with Crippen LogP contribution in [0, 0.1) is 0 Å². The molecule has 0 aromatic carbocycles. The van der Waals surface area contributed by atoms with Crippen molar-refractivity contribution in [2.24, 2.45) is 10.1 Å². The van der Waals surface area contributed by atoms with Crippen molar-refractivity contribution >= 4 is 51.3 Å². The minimum Gasteiger partial charge on any atom is -0.356 e. The summed E-state index contributed by atoms with van der Waals surface area (Å²) in [5, 5.41) is 11.5. The summed E-state index contributed by atoms with van der Waals surface area (Å²) >= 11 is 1.17. The maximum atomic E-state index is 11.2. The van der Waals surface area contributed by atoms with Crippen LogP contribution >= 0.6 is 35.3 Å². The fraction of sp³-hybridized carbons (Fsp3) is 0.615. The second-order valence-electron chi connectivity index (χ2n) is 4.68. The molecule has 0 aliphatic rings. The van der Waals surface area contributed by atoms with Crippen molar-refractivity contribution in [2.75, 3.05) is 13.6 Å². The van der Waals surface area contributed by atoms with Crippen molar-refractivity contribution in [3.63, 3.8) is 0 Å². The molecule has 128 valence electrons. The van der Waals surface area contributed by atoms with Crippen molar-refractivity contribution in [1.82, 2.24) is 10.6 Å². The van der Waals surface area contributed by atoms with E-state index in [1.165, 1.54) is 36.7 Å². The number of nitrogens with zero attached hydrogens (tertiary/aromatic N) is 1. The van der Waals surface area contributed by atoms with E-state index < -0.39 is 10.0 Å². The van der Waals surface area contributed by atoms with Gasteiger partial charge in [0.2, 0.25) is 10.0 Å². The molecule has 0 fully saturated rings. The van der Waals surface area contributed by atoms with E-state index in [0.717, 1.165) is 23.8 Å². The molecule has 0 saturated heterocycles. The Morgan fingerprint density at radius 2 is 2.00 bits per heavy atom. The van der Waals surface area contributed by atoms with Crippen molar-refractivity contribution in [3.8, 4) is 0 Å². The summed E-state index contributed by atoms with van der Waals surface area (Å²) < 4.78 is 22.6. The third-order valence-electron chi connectivity index (χ3n) is 2.89. The Kier molecular flexibility index (Phi) is 11.0. The summed E-state index contributed by atoms with van der Waals surface area (Å²) in [5.41, 5.74) is 0. The molecule has 1 rings (SSSR count). The molecular weight excluding hydrogens is 435 g/mol. The van der Waals surface area contributed by atoms with Gasteiger partial charge in [-0.2, -0.15) is 0 Å². The number of aliphatic imine (C=N–C) groups is 1. The predicted molar refractivity (Wildman–Crippen MR) is 103 cm³/mol. The molecule has 0 radical (unpaired) electrons. The molecule has 0 bridgehead atoms. The molecule has 0 spiro atoms. The van der Waals surface area contributed by atoms with Gasteiger partial charge < -0.3 is 10.6 Å². The Morgan fingerprint density at radius 1 is 1.27 bits per heavy atom. The molecule has 0 unspecified atom stereocenters. The van der Waals surface area contributed by atoms with Crippen LogP contribution in [-0.2, 0) is 16.6 Å². The number of hydrogen-bond donors (Lipinski definition) is 3. The first kappa shape index (κ1) is 21.6. The fourth-order valence-electron chi connectivity index (χ4n) is 1.76. The molecule has 1 heterocycles. The Bertz CT molecular complexity index is 558. The van der Waals surface area contributed by atoms with Gasteiger partial charge in [-0.05, 0) is 18.6 Å². The maximum absolute atomic E-state index is 11.2. The van der Waals surface area contributed by atoms with Crippen LogP contribution < -0.4 is 15.8 Å².